The van der Waals surface area contributed by atoms with Crippen molar-refractivity contribution in [2.45, 2.75) is 12.8 Å². The average molecular weight is 329 g/mol. The minimum Gasteiger partial charge on any atom is -0.493 e. The molecule has 0 bridgehead atoms. The van der Waals surface area contributed by atoms with Crippen molar-refractivity contribution in [1.82, 2.24) is 14.7 Å². The Kier molecular flexibility index (Phi) is 5.03. The lowest BCUT2D eigenvalue weighted by atomic mass is 10.1. The number of benzene rings is 1. The van der Waals surface area contributed by atoms with Gasteiger partial charge in [-0.15, -0.1) is 0 Å². The van der Waals surface area contributed by atoms with Crippen LogP contribution in [0.5, 0.6) is 11.5 Å². The third-order valence-corrected chi connectivity index (χ3v) is 4.47. The molecule has 0 saturated carbocycles. The number of nitrogens with zero attached hydrogens (tertiary/aromatic N) is 3. The summed E-state index contributed by atoms with van der Waals surface area (Å²) in [6.45, 7) is 2.20. The lowest BCUT2D eigenvalue weighted by molar-refractivity contribution is 0.0774. The van der Waals surface area contributed by atoms with Crippen molar-refractivity contribution in [3.63, 3.8) is 0 Å². The molecule has 1 saturated heterocycles. The molecule has 2 aromatic rings. The zero-order valence-corrected chi connectivity index (χ0v) is 14.1. The first-order valence-corrected chi connectivity index (χ1v) is 8.22. The van der Waals surface area contributed by atoms with Gasteiger partial charge in [0.25, 0.3) is 5.91 Å². The highest BCUT2D eigenvalue weighted by Crippen LogP contribution is 2.27. The van der Waals surface area contributed by atoms with Gasteiger partial charge in [-0.05, 0) is 37.0 Å². The molecule has 0 aliphatic carbocycles. The van der Waals surface area contributed by atoms with Gasteiger partial charge in [0.05, 0.1) is 13.7 Å². The highest BCUT2D eigenvalue weighted by atomic mass is 16.5. The van der Waals surface area contributed by atoms with Crippen LogP contribution < -0.4 is 9.47 Å². The van der Waals surface area contributed by atoms with Gasteiger partial charge in [-0.25, -0.2) is 0 Å². The lowest BCUT2D eigenvalue weighted by Crippen LogP contribution is -2.30. The lowest BCUT2D eigenvalue weighted by Gasteiger charge is -2.17. The molecule has 6 nitrogen and oxygen atoms in total. The van der Waals surface area contributed by atoms with Crippen molar-refractivity contribution in [3.05, 3.63) is 42.2 Å². The number of para-hydroxylation sites is 2. The molecule has 0 spiro atoms. The smallest absolute Gasteiger partial charge is 0.272 e. The second-order valence-corrected chi connectivity index (χ2v) is 6.03. The molecule has 1 amide bonds. The number of likely N-dealkylation sites (tertiary alicyclic amines) is 1. The molecular weight excluding hydrogens is 306 g/mol. The van der Waals surface area contributed by atoms with E-state index in [1.165, 1.54) is 0 Å². The van der Waals surface area contributed by atoms with Crippen molar-refractivity contribution in [3.8, 4) is 11.5 Å². The minimum absolute atomic E-state index is 0.0585. The number of aryl methyl sites for hydroxylation is 1. The van der Waals surface area contributed by atoms with Crippen molar-refractivity contribution in [2.24, 2.45) is 13.0 Å². The molecule has 24 heavy (non-hydrogen) atoms. The molecule has 1 atom stereocenters. The van der Waals surface area contributed by atoms with Crippen LogP contribution in [0.4, 0.5) is 0 Å². The number of methoxy groups -OCH3 is 1. The van der Waals surface area contributed by atoms with Crippen molar-refractivity contribution >= 4 is 5.91 Å². The first-order chi connectivity index (χ1) is 11.7. The molecule has 1 aliphatic rings. The van der Waals surface area contributed by atoms with Crippen LogP contribution >= 0.6 is 0 Å². The zero-order chi connectivity index (χ0) is 16.9. The summed E-state index contributed by atoms with van der Waals surface area (Å²) in [7, 11) is 3.43. The summed E-state index contributed by atoms with van der Waals surface area (Å²) in [5.41, 5.74) is 0.640. The molecule has 1 aromatic heterocycles. The maximum atomic E-state index is 12.5. The Morgan fingerprint density at radius 1 is 1.29 bits per heavy atom. The van der Waals surface area contributed by atoms with Crippen molar-refractivity contribution in [1.29, 1.82) is 0 Å². The molecule has 1 aliphatic heterocycles. The van der Waals surface area contributed by atoms with Crippen LogP contribution in [0.25, 0.3) is 0 Å². The molecular formula is C18H23N3O3. The SMILES string of the molecule is COc1ccccc1OCCC1CCN(C(=O)c2ccnn2C)C1. The Morgan fingerprint density at radius 3 is 2.79 bits per heavy atom. The quantitative estimate of drug-likeness (QED) is 0.816. The van der Waals surface area contributed by atoms with Crippen LogP contribution in [0, 0.1) is 5.92 Å². The van der Waals surface area contributed by atoms with Gasteiger partial charge in [0.15, 0.2) is 11.5 Å². The summed E-state index contributed by atoms with van der Waals surface area (Å²) >= 11 is 0. The molecule has 0 radical (unpaired) electrons. The maximum Gasteiger partial charge on any atom is 0.272 e. The molecule has 1 fully saturated rings. The normalized spacial score (nSPS) is 17.1. The van der Waals surface area contributed by atoms with Crippen LogP contribution in [0.3, 0.4) is 0 Å². The van der Waals surface area contributed by atoms with Gasteiger partial charge in [-0.2, -0.15) is 5.10 Å². The number of amides is 1. The fourth-order valence-electron chi connectivity index (χ4n) is 3.07. The first-order valence-electron chi connectivity index (χ1n) is 8.22. The number of rotatable bonds is 6. The van der Waals surface area contributed by atoms with Crippen molar-refractivity contribution < 1.29 is 14.3 Å². The predicted molar refractivity (Wildman–Crippen MR) is 90.3 cm³/mol. The van der Waals surface area contributed by atoms with Crippen LogP contribution in [-0.4, -0.2) is 47.4 Å². The van der Waals surface area contributed by atoms with E-state index in [1.807, 2.05) is 29.2 Å². The molecule has 1 unspecified atom stereocenters. The van der Waals surface area contributed by atoms with Gasteiger partial charge in [0.1, 0.15) is 5.69 Å². The summed E-state index contributed by atoms with van der Waals surface area (Å²) in [5.74, 6) is 2.04. The molecule has 3 rings (SSSR count). The van der Waals surface area contributed by atoms with Gasteiger partial charge in [0, 0.05) is 26.3 Å². The molecule has 2 heterocycles. The van der Waals surface area contributed by atoms with Crippen LogP contribution in [0.15, 0.2) is 36.5 Å². The molecule has 6 heteroatoms. The Bertz CT molecular complexity index is 698. The average Bonchev–Trinajstić information content (AvgIpc) is 3.24. The summed E-state index contributed by atoms with van der Waals surface area (Å²) in [4.78, 5) is 14.4. The van der Waals surface area contributed by atoms with E-state index in [0.29, 0.717) is 18.2 Å². The summed E-state index contributed by atoms with van der Waals surface area (Å²) in [6, 6.07) is 9.41. The summed E-state index contributed by atoms with van der Waals surface area (Å²) in [5, 5.41) is 4.06. The first kappa shape index (κ1) is 16.4. The Morgan fingerprint density at radius 2 is 2.08 bits per heavy atom. The van der Waals surface area contributed by atoms with Gasteiger partial charge in [-0.1, -0.05) is 12.1 Å². The topological polar surface area (TPSA) is 56.6 Å². The van der Waals surface area contributed by atoms with E-state index in [4.69, 9.17) is 9.47 Å². The molecule has 128 valence electrons. The van der Waals surface area contributed by atoms with Gasteiger partial charge < -0.3 is 14.4 Å². The third-order valence-electron chi connectivity index (χ3n) is 4.47. The Hall–Kier alpha value is -2.50. The number of hydrogen-bond donors (Lipinski definition) is 0. The predicted octanol–water partition coefficient (Wildman–Crippen LogP) is 2.36. The summed E-state index contributed by atoms with van der Waals surface area (Å²) in [6.07, 6.45) is 3.59. The molecule has 1 aromatic carbocycles. The van der Waals surface area contributed by atoms with Gasteiger partial charge >= 0.3 is 0 Å². The second kappa shape index (κ2) is 7.38. The fourth-order valence-corrected chi connectivity index (χ4v) is 3.07. The molecule has 0 N–H and O–H groups in total. The Balaban J connectivity index is 1.48. The standard InChI is InChI=1S/C18H23N3O3/c1-20-15(7-10-19-20)18(22)21-11-8-14(13-21)9-12-24-17-6-4-3-5-16(17)23-2/h3-7,10,14H,8-9,11-13H2,1-2H3. The van der Waals surface area contributed by atoms with E-state index in [0.717, 1.165) is 37.4 Å². The van der Waals surface area contributed by atoms with E-state index in [2.05, 4.69) is 5.10 Å². The monoisotopic (exact) mass is 329 g/mol. The fraction of sp³-hybridized carbons (Fsp3) is 0.444. The van der Waals surface area contributed by atoms with Gasteiger partial charge in [-0.3, -0.25) is 9.48 Å². The van der Waals surface area contributed by atoms with E-state index in [-0.39, 0.29) is 5.91 Å². The third kappa shape index (κ3) is 3.53. The number of ether oxygens (including phenoxy) is 2. The summed E-state index contributed by atoms with van der Waals surface area (Å²) < 4.78 is 12.7. The second-order valence-electron chi connectivity index (χ2n) is 6.03. The maximum absolute atomic E-state index is 12.5. The van der Waals surface area contributed by atoms with Crippen LogP contribution in [0.2, 0.25) is 0 Å². The van der Waals surface area contributed by atoms with Crippen LogP contribution in [-0.2, 0) is 7.05 Å². The largest absolute Gasteiger partial charge is 0.493 e. The number of carbonyl (C=O) groups excluding carboxylic acids is 1. The minimum atomic E-state index is 0.0585. The highest BCUT2D eigenvalue weighted by Gasteiger charge is 2.28. The van der Waals surface area contributed by atoms with E-state index in [1.54, 1.807) is 31.1 Å². The van der Waals surface area contributed by atoms with Gasteiger partial charge in [0.2, 0.25) is 0 Å². The Labute approximate surface area is 142 Å². The van der Waals surface area contributed by atoms with E-state index >= 15 is 0 Å². The van der Waals surface area contributed by atoms with Crippen LogP contribution in [0.1, 0.15) is 23.3 Å². The zero-order valence-electron chi connectivity index (χ0n) is 14.1. The van der Waals surface area contributed by atoms with E-state index < -0.39 is 0 Å². The number of hydrogen-bond acceptors (Lipinski definition) is 4. The van der Waals surface area contributed by atoms with E-state index in [9.17, 15) is 4.79 Å². The highest BCUT2D eigenvalue weighted by molar-refractivity contribution is 5.92. The van der Waals surface area contributed by atoms with Crippen molar-refractivity contribution in [2.75, 3.05) is 26.8 Å². The number of aromatic nitrogens is 2. The number of carbonyl (C=O) groups is 1.